The van der Waals surface area contributed by atoms with Gasteiger partial charge in [-0.15, -0.1) is 0 Å². The van der Waals surface area contributed by atoms with Crippen molar-refractivity contribution in [1.29, 1.82) is 0 Å². The molecule has 0 spiro atoms. The summed E-state index contributed by atoms with van der Waals surface area (Å²) in [6.45, 7) is 4.55. The van der Waals surface area contributed by atoms with Gasteiger partial charge in [-0.05, 0) is 30.7 Å². The average molecular weight is 355 g/mol. The van der Waals surface area contributed by atoms with Crippen LogP contribution in [0.3, 0.4) is 0 Å². The van der Waals surface area contributed by atoms with E-state index < -0.39 is 15.6 Å². The van der Waals surface area contributed by atoms with Gasteiger partial charge in [0.15, 0.2) is 9.84 Å². The average Bonchev–Trinajstić information content (AvgIpc) is 2.52. The number of carbonyl (C=O) groups is 1. The van der Waals surface area contributed by atoms with Gasteiger partial charge < -0.3 is 10.6 Å². The van der Waals surface area contributed by atoms with Gasteiger partial charge in [0, 0.05) is 19.6 Å². The minimum atomic E-state index is -3.37. The van der Waals surface area contributed by atoms with Crippen LogP contribution in [0.4, 0.5) is 0 Å². The van der Waals surface area contributed by atoms with Crippen LogP contribution in [0.15, 0.2) is 30.3 Å². The predicted octanol–water partition coefficient (Wildman–Crippen LogP) is 1.87. The third-order valence-corrected chi connectivity index (χ3v) is 5.78. The Kier molecular flexibility index (Phi) is 8.42. The quantitative estimate of drug-likeness (QED) is 0.695. The van der Waals surface area contributed by atoms with Crippen LogP contribution in [-0.2, 0) is 21.1 Å². The molecule has 1 amide bonds. The van der Waals surface area contributed by atoms with Gasteiger partial charge in [-0.2, -0.15) is 0 Å². The highest BCUT2D eigenvalue weighted by Crippen LogP contribution is 2.07. The minimum absolute atomic E-state index is 0.0164. The molecule has 1 aromatic rings. The molecule has 0 bridgehead atoms. The van der Waals surface area contributed by atoms with Gasteiger partial charge in [0.25, 0.3) is 0 Å². The van der Waals surface area contributed by atoms with Gasteiger partial charge >= 0.3 is 0 Å². The van der Waals surface area contributed by atoms with E-state index in [1.54, 1.807) is 7.05 Å². The molecule has 1 rings (SSSR count). The van der Waals surface area contributed by atoms with E-state index in [1.807, 2.05) is 44.2 Å². The van der Waals surface area contributed by atoms with E-state index in [4.69, 9.17) is 5.73 Å². The first-order valence-corrected chi connectivity index (χ1v) is 10.3. The molecule has 2 N–H and O–H groups in total. The van der Waals surface area contributed by atoms with Crippen molar-refractivity contribution < 1.29 is 13.2 Å². The lowest BCUT2D eigenvalue weighted by Gasteiger charge is -2.21. The van der Waals surface area contributed by atoms with E-state index in [1.165, 1.54) is 4.90 Å². The number of rotatable bonds is 10. The molecule has 1 aromatic carbocycles. The molecule has 24 heavy (non-hydrogen) atoms. The summed E-state index contributed by atoms with van der Waals surface area (Å²) in [6, 6.07) is 9.77. The van der Waals surface area contributed by atoms with E-state index in [9.17, 15) is 13.2 Å². The van der Waals surface area contributed by atoms with Crippen molar-refractivity contribution in [2.24, 2.45) is 11.7 Å². The Balaban J connectivity index is 2.38. The van der Waals surface area contributed by atoms with Crippen LogP contribution in [0, 0.1) is 5.92 Å². The van der Waals surface area contributed by atoms with E-state index in [2.05, 4.69) is 0 Å². The fourth-order valence-electron chi connectivity index (χ4n) is 2.31. The second-order valence-electron chi connectivity index (χ2n) is 6.69. The summed E-state index contributed by atoms with van der Waals surface area (Å²) in [7, 11) is -1.74. The zero-order valence-corrected chi connectivity index (χ0v) is 15.8. The maximum absolute atomic E-state index is 12.1. The molecule has 136 valence electrons. The molecule has 1 atom stereocenters. The molecular formula is C18H30N2O3S. The maximum Gasteiger partial charge on any atom is 0.237 e. The monoisotopic (exact) mass is 354 g/mol. The maximum atomic E-state index is 12.1. The van der Waals surface area contributed by atoms with E-state index in [-0.39, 0.29) is 17.7 Å². The number of hydrogen-bond donors (Lipinski definition) is 1. The number of amides is 1. The Bertz CT molecular complexity index is 600. The molecule has 0 radical (unpaired) electrons. The summed E-state index contributed by atoms with van der Waals surface area (Å²) in [5.41, 5.74) is 7.07. The van der Waals surface area contributed by atoms with Crippen molar-refractivity contribution >= 4 is 15.7 Å². The normalized spacial score (nSPS) is 13.0. The third-order valence-electron chi connectivity index (χ3n) is 4.19. The van der Waals surface area contributed by atoms with Gasteiger partial charge in [0.05, 0.1) is 5.75 Å². The first-order chi connectivity index (χ1) is 11.2. The van der Waals surface area contributed by atoms with Crippen molar-refractivity contribution in [2.75, 3.05) is 25.1 Å². The summed E-state index contributed by atoms with van der Waals surface area (Å²) in [4.78, 5) is 13.5. The lowest BCUT2D eigenvalue weighted by atomic mass is 10.0. The predicted molar refractivity (Wildman–Crippen MR) is 98.5 cm³/mol. The minimum Gasteiger partial charge on any atom is -0.345 e. The van der Waals surface area contributed by atoms with Crippen LogP contribution < -0.4 is 5.73 Å². The van der Waals surface area contributed by atoms with Crippen LogP contribution in [0.5, 0.6) is 0 Å². The molecule has 0 saturated heterocycles. The second kappa shape index (κ2) is 9.79. The highest BCUT2D eigenvalue weighted by atomic mass is 32.2. The zero-order valence-electron chi connectivity index (χ0n) is 14.9. The number of sulfone groups is 1. The summed E-state index contributed by atoms with van der Waals surface area (Å²) >= 11 is 0. The molecule has 5 nitrogen and oxygen atoms in total. The summed E-state index contributed by atoms with van der Waals surface area (Å²) in [5, 5.41) is 0. The van der Waals surface area contributed by atoms with Gasteiger partial charge in [-0.1, -0.05) is 44.2 Å². The lowest BCUT2D eigenvalue weighted by molar-refractivity contribution is -0.127. The van der Waals surface area contributed by atoms with Crippen molar-refractivity contribution in [3.63, 3.8) is 0 Å². The third kappa shape index (κ3) is 7.93. The molecular weight excluding hydrogens is 324 g/mol. The molecule has 0 saturated carbocycles. The fourth-order valence-corrected chi connectivity index (χ4v) is 3.64. The van der Waals surface area contributed by atoms with Gasteiger partial charge in [0.1, 0.15) is 5.75 Å². The number of hydrogen-bond acceptors (Lipinski definition) is 4. The number of aryl methyl sites for hydroxylation is 1. The van der Waals surface area contributed by atoms with Crippen molar-refractivity contribution in [3.8, 4) is 0 Å². The number of carbonyl (C=O) groups excluding carboxylic acids is 1. The molecule has 0 heterocycles. The largest absolute Gasteiger partial charge is 0.345 e. The highest BCUT2D eigenvalue weighted by molar-refractivity contribution is 7.92. The zero-order chi connectivity index (χ0) is 18.2. The van der Waals surface area contributed by atoms with Crippen LogP contribution in [0.2, 0.25) is 0 Å². The Morgan fingerprint density at radius 2 is 1.83 bits per heavy atom. The molecule has 0 aliphatic rings. The number of benzene rings is 1. The van der Waals surface area contributed by atoms with Crippen LogP contribution in [0.1, 0.15) is 32.3 Å². The van der Waals surface area contributed by atoms with Crippen molar-refractivity contribution in [2.45, 2.75) is 39.2 Å². The Morgan fingerprint density at radius 3 is 2.42 bits per heavy atom. The Labute approximate surface area is 146 Å². The molecule has 6 heteroatoms. The Hall–Kier alpha value is -1.40. The molecule has 0 fully saturated rings. The first-order valence-electron chi connectivity index (χ1n) is 8.45. The molecule has 0 aliphatic carbocycles. The van der Waals surface area contributed by atoms with Crippen LogP contribution in [0.25, 0.3) is 0 Å². The van der Waals surface area contributed by atoms with Crippen molar-refractivity contribution in [1.82, 2.24) is 4.90 Å². The number of nitrogens with two attached hydrogens (primary N) is 1. The van der Waals surface area contributed by atoms with E-state index >= 15 is 0 Å². The summed E-state index contributed by atoms with van der Waals surface area (Å²) in [6.07, 6.45) is 1.91. The number of nitrogens with zero attached hydrogens (tertiary/aromatic N) is 1. The smallest absolute Gasteiger partial charge is 0.237 e. The van der Waals surface area contributed by atoms with Crippen LogP contribution >= 0.6 is 0 Å². The van der Waals surface area contributed by atoms with E-state index in [0.717, 1.165) is 5.56 Å². The van der Waals surface area contributed by atoms with Gasteiger partial charge in [-0.25, -0.2) is 8.42 Å². The standard InChI is InChI=1S/C18H30N2O3S/c1-15(2)17(19)11-12-20(3)18(21)14-24(22,23)13-7-10-16-8-5-4-6-9-16/h4-6,8-9,15,17H,7,10-14,19H2,1-3H3. The lowest BCUT2D eigenvalue weighted by Crippen LogP contribution is -2.37. The first kappa shape index (κ1) is 20.6. The molecule has 1 unspecified atom stereocenters. The van der Waals surface area contributed by atoms with Gasteiger partial charge in [-0.3, -0.25) is 4.79 Å². The van der Waals surface area contributed by atoms with Crippen LogP contribution in [-0.4, -0.2) is 50.4 Å². The SMILES string of the molecule is CC(C)C(N)CCN(C)C(=O)CS(=O)(=O)CCCc1ccccc1. The second-order valence-corrected chi connectivity index (χ2v) is 8.88. The Morgan fingerprint density at radius 1 is 1.21 bits per heavy atom. The topological polar surface area (TPSA) is 80.5 Å². The summed E-state index contributed by atoms with van der Waals surface area (Å²) in [5.74, 6) is -0.400. The van der Waals surface area contributed by atoms with Crippen molar-refractivity contribution in [3.05, 3.63) is 35.9 Å². The molecule has 0 aliphatic heterocycles. The highest BCUT2D eigenvalue weighted by Gasteiger charge is 2.20. The summed E-state index contributed by atoms with van der Waals surface area (Å²) < 4.78 is 24.2. The molecule has 0 aromatic heterocycles. The fraction of sp³-hybridized carbons (Fsp3) is 0.611. The van der Waals surface area contributed by atoms with Gasteiger partial charge in [0.2, 0.25) is 5.91 Å². The van der Waals surface area contributed by atoms with E-state index in [0.29, 0.717) is 31.7 Å².